The van der Waals surface area contributed by atoms with Crippen molar-refractivity contribution in [2.75, 3.05) is 25.1 Å². The number of rotatable bonds is 5. The first-order chi connectivity index (χ1) is 9.22. The standard InChI is InChI=1S/C14H17N3O2/c1-3-19-13(18)8-9-17(2)14-12-7-5-4-6-11(12)10-15-16-14/h4-7,10H,3,8-9H2,1-2H3. The number of ether oxygens (including phenoxy) is 1. The highest BCUT2D eigenvalue weighted by Gasteiger charge is 2.10. The van der Waals surface area contributed by atoms with Crippen LogP contribution < -0.4 is 4.90 Å². The van der Waals surface area contributed by atoms with Crippen LogP contribution in [-0.4, -0.2) is 36.4 Å². The second kappa shape index (κ2) is 6.13. The molecule has 0 saturated carbocycles. The van der Waals surface area contributed by atoms with E-state index in [9.17, 15) is 4.79 Å². The molecule has 0 aliphatic rings. The summed E-state index contributed by atoms with van der Waals surface area (Å²) in [4.78, 5) is 13.3. The van der Waals surface area contributed by atoms with Gasteiger partial charge >= 0.3 is 5.97 Å². The highest BCUT2D eigenvalue weighted by molar-refractivity contribution is 5.91. The molecular formula is C14H17N3O2. The van der Waals surface area contributed by atoms with Gasteiger partial charge < -0.3 is 9.64 Å². The number of aromatic nitrogens is 2. The van der Waals surface area contributed by atoms with E-state index in [1.165, 1.54) is 0 Å². The molecule has 0 N–H and O–H groups in total. The number of benzene rings is 1. The third kappa shape index (κ3) is 3.19. The summed E-state index contributed by atoms with van der Waals surface area (Å²) < 4.78 is 4.91. The molecule has 2 aromatic rings. The topological polar surface area (TPSA) is 55.3 Å². The predicted octanol–water partition coefficient (Wildman–Crippen LogP) is 2.02. The van der Waals surface area contributed by atoms with Gasteiger partial charge in [-0.2, -0.15) is 5.10 Å². The van der Waals surface area contributed by atoms with Gasteiger partial charge in [-0.05, 0) is 6.92 Å². The zero-order valence-electron chi connectivity index (χ0n) is 11.2. The fraction of sp³-hybridized carbons (Fsp3) is 0.357. The monoisotopic (exact) mass is 259 g/mol. The largest absolute Gasteiger partial charge is 0.466 e. The number of fused-ring (bicyclic) bond motifs is 1. The summed E-state index contributed by atoms with van der Waals surface area (Å²) >= 11 is 0. The fourth-order valence-electron chi connectivity index (χ4n) is 1.89. The molecular weight excluding hydrogens is 242 g/mol. The molecule has 5 nitrogen and oxygen atoms in total. The van der Waals surface area contributed by atoms with Crippen molar-refractivity contribution in [2.24, 2.45) is 0 Å². The molecule has 1 aromatic heterocycles. The molecule has 5 heteroatoms. The molecule has 0 unspecified atom stereocenters. The van der Waals surface area contributed by atoms with Crippen molar-refractivity contribution < 1.29 is 9.53 Å². The van der Waals surface area contributed by atoms with E-state index < -0.39 is 0 Å². The van der Waals surface area contributed by atoms with Gasteiger partial charge in [-0.15, -0.1) is 5.10 Å². The predicted molar refractivity (Wildman–Crippen MR) is 74.1 cm³/mol. The van der Waals surface area contributed by atoms with Crippen LogP contribution in [0.4, 0.5) is 5.82 Å². The highest BCUT2D eigenvalue weighted by Crippen LogP contribution is 2.22. The smallest absolute Gasteiger partial charge is 0.307 e. The summed E-state index contributed by atoms with van der Waals surface area (Å²) in [5, 5.41) is 10.2. The van der Waals surface area contributed by atoms with E-state index in [-0.39, 0.29) is 5.97 Å². The number of carbonyl (C=O) groups excluding carboxylic acids is 1. The second-order valence-electron chi connectivity index (χ2n) is 4.23. The lowest BCUT2D eigenvalue weighted by Crippen LogP contribution is -2.23. The SMILES string of the molecule is CCOC(=O)CCN(C)c1nncc2ccccc12. The van der Waals surface area contributed by atoms with E-state index in [0.717, 1.165) is 16.6 Å². The van der Waals surface area contributed by atoms with Crippen molar-refractivity contribution in [2.45, 2.75) is 13.3 Å². The van der Waals surface area contributed by atoms with Crippen molar-refractivity contribution in [3.05, 3.63) is 30.5 Å². The van der Waals surface area contributed by atoms with Crippen molar-refractivity contribution >= 4 is 22.6 Å². The first kappa shape index (κ1) is 13.3. The van der Waals surface area contributed by atoms with Crippen LogP contribution >= 0.6 is 0 Å². The average molecular weight is 259 g/mol. The summed E-state index contributed by atoms with van der Waals surface area (Å²) in [5.41, 5.74) is 0. The van der Waals surface area contributed by atoms with Crippen LogP contribution in [0.5, 0.6) is 0 Å². The Balaban J connectivity index is 2.13. The maximum atomic E-state index is 11.4. The molecule has 0 atom stereocenters. The third-order valence-corrected chi connectivity index (χ3v) is 2.87. The molecule has 1 heterocycles. The Bertz CT molecular complexity index is 566. The summed E-state index contributed by atoms with van der Waals surface area (Å²) in [7, 11) is 1.90. The average Bonchev–Trinajstić information content (AvgIpc) is 2.44. The van der Waals surface area contributed by atoms with Crippen molar-refractivity contribution in [1.82, 2.24) is 10.2 Å². The molecule has 19 heavy (non-hydrogen) atoms. The maximum Gasteiger partial charge on any atom is 0.307 e. The van der Waals surface area contributed by atoms with Gasteiger partial charge in [-0.3, -0.25) is 4.79 Å². The minimum atomic E-state index is -0.192. The lowest BCUT2D eigenvalue weighted by Gasteiger charge is -2.18. The van der Waals surface area contributed by atoms with Crippen molar-refractivity contribution in [3.8, 4) is 0 Å². The van der Waals surface area contributed by atoms with Crippen LogP contribution in [0.1, 0.15) is 13.3 Å². The number of nitrogens with zero attached hydrogens (tertiary/aromatic N) is 3. The number of hydrogen-bond acceptors (Lipinski definition) is 5. The zero-order chi connectivity index (χ0) is 13.7. The lowest BCUT2D eigenvalue weighted by molar-refractivity contribution is -0.142. The minimum Gasteiger partial charge on any atom is -0.466 e. The number of carbonyl (C=O) groups is 1. The van der Waals surface area contributed by atoms with Gasteiger partial charge in [0, 0.05) is 24.4 Å². The minimum absolute atomic E-state index is 0.192. The Hall–Kier alpha value is -2.17. The summed E-state index contributed by atoms with van der Waals surface area (Å²) in [6.07, 6.45) is 2.08. The molecule has 0 spiro atoms. The fourth-order valence-corrected chi connectivity index (χ4v) is 1.89. The molecule has 0 radical (unpaired) electrons. The summed E-state index contributed by atoms with van der Waals surface area (Å²) in [6, 6.07) is 7.92. The Morgan fingerprint density at radius 3 is 2.95 bits per heavy atom. The number of hydrogen-bond donors (Lipinski definition) is 0. The zero-order valence-corrected chi connectivity index (χ0v) is 11.2. The van der Waals surface area contributed by atoms with E-state index in [1.54, 1.807) is 13.1 Å². The van der Waals surface area contributed by atoms with Crippen LogP contribution in [0.15, 0.2) is 30.5 Å². The maximum absolute atomic E-state index is 11.4. The van der Waals surface area contributed by atoms with E-state index in [2.05, 4.69) is 10.2 Å². The van der Waals surface area contributed by atoms with Crippen molar-refractivity contribution in [3.63, 3.8) is 0 Å². The Kier molecular flexibility index (Phi) is 4.28. The van der Waals surface area contributed by atoms with Crippen LogP contribution in [-0.2, 0) is 9.53 Å². The molecule has 0 aliphatic carbocycles. The molecule has 0 saturated heterocycles. The normalized spacial score (nSPS) is 10.4. The van der Waals surface area contributed by atoms with E-state index >= 15 is 0 Å². The van der Waals surface area contributed by atoms with Crippen LogP contribution in [0, 0.1) is 0 Å². The van der Waals surface area contributed by atoms with Gasteiger partial charge in [0.05, 0.1) is 19.2 Å². The summed E-state index contributed by atoms with van der Waals surface area (Å²) in [6.45, 7) is 2.77. The van der Waals surface area contributed by atoms with E-state index in [4.69, 9.17) is 4.74 Å². The first-order valence-electron chi connectivity index (χ1n) is 6.29. The first-order valence-corrected chi connectivity index (χ1v) is 6.29. The molecule has 0 amide bonds. The van der Waals surface area contributed by atoms with Crippen LogP contribution in [0.2, 0.25) is 0 Å². The molecule has 100 valence electrons. The van der Waals surface area contributed by atoms with Gasteiger partial charge in [-0.25, -0.2) is 0 Å². The molecule has 0 bridgehead atoms. The summed E-state index contributed by atoms with van der Waals surface area (Å²) in [5.74, 6) is 0.588. The highest BCUT2D eigenvalue weighted by atomic mass is 16.5. The second-order valence-corrected chi connectivity index (χ2v) is 4.23. The van der Waals surface area contributed by atoms with Gasteiger partial charge in [0.15, 0.2) is 5.82 Å². The van der Waals surface area contributed by atoms with E-state index in [0.29, 0.717) is 19.6 Å². The van der Waals surface area contributed by atoms with Gasteiger partial charge in [-0.1, -0.05) is 24.3 Å². The quantitative estimate of drug-likeness (QED) is 0.769. The van der Waals surface area contributed by atoms with Gasteiger partial charge in [0.1, 0.15) is 0 Å². The third-order valence-electron chi connectivity index (χ3n) is 2.87. The van der Waals surface area contributed by atoms with Crippen molar-refractivity contribution in [1.29, 1.82) is 0 Å². The Morgan fingerprint density at radius 2 is 2.16 bits per heavy atom. The molecule has 2 rings (SSSR count). The van der Waals surface area contributed by atoms with Gasteiger partial charge in [0.25, 0.3) is 0 Å². The van der Waals surface area contributed by atoms with Crippen LogP contribution in [0.3, 0.4) is 0 Å². The Morgan fingerprint density at radius 1 is 1.37 bits per heavy atom. The molecule has 1 aromatic carbocycles. The van der Waals surface area contributed by atoms with Crippen LogP contribution in [0.25, 0.3) is 10.8 Å². The number of esters is 1. The molecule has 0 aliphatic heterocycles. The van der Waals surface area contributed by atoms with E-state index in [1.807, 2.05) is 36.2 Å². The lowest BCUT2D eigenvalue weighted by atomic mass is 10.2. The number of anilines is 1. The molecule has 0 fully saturated rings. The van der Waals surface area contributed by atoms with Gasteiger partial charge in [0.2, 0.25) is 0 Å². The Labute approximate surface area is 112 Å².